The van der Waals surface area contributed by atoms with Gasteiger partial charge in [0.1, 0.15) is 0 Å². The van der Waals surface area contributed by atoms with Gasteiger partial charge in [-0.2, -0.15) is 0 Å². The Labute approximate surface area is 264 Å². The Hall–Kier alpha value is -1.73. The van der Waals surface area contributed by atoms with Crippen molar-refractivity contribution < 1.29 is 33.5 Å². The normalized spacial score (nSPS) is 15.2. The predicted octanol–water partition coefficient (Wildman–Crippen LogP) is 7.04. The number of nitrogens with one attached hydrogen (secondary N) is 2. The summed E-state index contributed by atoms with van der Waals surface area (Å²) in [4.78, 5) is 48.7. The van der Waals surface area contributed by atoms with Crippen LogP contribution in [0.4, 0.5) is 0 Å². The fourth-order valence-corrected chi connectivity index (χ4v) is 14.4. The van der Waals surface area contributed by atoms with Gasteiger partial charge in [-0.15, -0.1) is 0 Å². The van der Waals surface area contributed by atoms with Crippen molar-refractivity contribution in [1.29, 1.82) is 0 Å². The van der Waals surface area contributed by atoms with Crippen molar-refractivity contribution in [3.05, 3.63) is 0 Å². The second-order valence-electron chi connectivity index (χ2n) is 14.8. The Morgan fingerprint density at radius 1 is 0.581 bits per heavy atom. The highest BCUT2D eigenvalue weighted by atomic mass is 28.4. The van der Waals surface area contributed by atoms with E-state index in [9.17, 15) is 29.4 Å². The number of carboxylic acids is 2. The van der Waals surface area contributed by atoms with Crippen LogP contribution in [0.25, 0.3) is 0 Å². The Bertz CT molecular complexity index is 797. The lowest BCUT2D eigenvalue weighted by Gasteiger charge is -2.34. The number of carbonyl (C=O) groups is 4. The zero-order valence-corrected chi connectivity index (χ0v) is 30.9. The van der Waals surface area contributed by atoms with E-state index in [-0.39, 0.29) is 36.7 Å². The summed E-state index contributed by atoms with van der Waals surface area (Å²) in [7, 11) is -4.19. The van der Waals surface area contributed by atoms with Gasteiger partial charge < -0.3 is 25.0 Å². The van der Waals surface area contributed by atoms with E-state index in [1.807, 2.05) is 13.8 Å². The summed E-state index contributed by atoms with van der Waals surface area (Å²) in [5.74, 6) is -2.29. The number of amides is 2. The smallest absolute Gasteiger partial charge is 0.304 e. The molecule has 0 radical (unpaired) electrons. The molecule has 0 saturated heterocycles. The molecule has 0 heterocycles. The average molecular weight is 645 g/mol. The molecule has 0 aromatic carbocycles. The van der Waals surface area contributed by atoms with Gasteiger partial charge in [-0.05, 0) is 102 Å². The molecule has 0 bridgehead atoms. The van der Waals surface area contributed by atoms with Crippen LogP contribution in [-0.4, -0.2) is 62.7 Å². The molecule has 0 rings (SSSR count). The summed E-state index contributed by atoms with van der Waals surface area (Å²) in [5.41, 5.74) is 0. The molecule has 0 aromatic rings. The fourth-order valence-electron chi connectivity index (χ4n) is 5.50. The van der Waals surface area contributed by atoms with Gasteiger partial charge in [-0.1, -0.05) is 40.5 Å². The van der Waals surface area contributed by atoms with E-state index in [1.54, 1.807) is 0 Å². The maximum Gasteiger partial charge on any atom is 0.304 e. The first-order valence-corrected chi connectivity index (χ1v) is 22.7. The van der Waals surface area contributed by atoms with Crippen molar-refractivity contribution in [3.8, 4) is 0 Å². The summed E-state index contributed by atoms with van der Waals surface area (Å²) < 4.78 is 6.75. The van der Waals surface area contributed by atoms with E-state index in [4.69, 9.17) is 4.12 Å². The summed E-state index contributed by atoms with van der Waals surface area (Å²) in [6.07, 6.45) is 5.89. The predicted molar refractivity (Wildman–Crippen MR) is 179 cm³/mol. The third-order valence-corrected chi connectivity index (χ3v) is 15.5. The Morgan fingerprint density at radius 2 is 0.907 bits per heavy atom. The van der Waals surface area contributed by atoms with Gasteiger partial charge in [0.2, 0.25) is 11.8 Å². The van der Waals surface area contributed by atoms with Gasteiger partial charge in [0.25, 0.3) is 0 Å². The number of rotatable bonds is 24. The van der Waals surface area contributed by atoms with Crippen molar-refractivity contribution in [1.82, 2.24) is 10.6 Å². The SMILES string of the molecule is CC(C)CCC(C)NC(=O)C(CCC[Si](C)(C)O[Si](C)(C)CCCC(CC(=O)O)C(=O)NC(C)CCC(C)C)CC(=O)O. The van der Waals surface area contributed by atoms with Gasteiger partial charge >= 0.3 is 11.9 Å². The first-order chi connectivity index (χ1) is 19.7. The van der Waals surface area contributed by atoms with E-state index in [0.717, 1.165) is 50.6 Å². The molecule has 0 aliphatic heterocycles. The number of carboxylic acid groups (broad SMARTS) is 2. The molecular weight excluding hydrogens is 581 g/mol. The molecule has 0 aliphatic carbocycles. The standard InChI is InChI=1S/C32H64N2O7Si2/c1-23(2)15-17-25(5)33-31(39)27(21-29(35)36)13-11-19-42(7,8)41-43(9,10)20-12-14-28(22-30(37)38)32(40)34-26(6)18-16-24(3)4/h23-28H,11-22H2,1-10H3,(H,33,39)(H,34,40)(H,35,36)(H,37,38). The molecule has 4 atom stereocenters. The van der Waals surface area contributed by atoms with Crippen LogP contribution in [0.3, 0.4) is 0 Å². The molecule has 0 aliphatic rings. The van der Waals surface area contributed by atoms with Crippen LogP contribution in [0.2, 0.25) is 38.3 Å². The Kier molecular flexibility index (Phi) is 19.5. The number of aliphatic carboxylic acids is 2. The first-order valence-electron chi connectivity index (χ1n) is 16.5. The summed E-state index contributed by atoms with van der Waals surface area (Å²) >= 11 is 0. The zero-order chi connectivity index (χ0) is 33.4. The van der Waals surface area contributed by atoms with E-state index in [1.165, 1.54) is 0 Å². The van der Waals surface area contributed by atoms with E-state index < -0.39 is 40.4 Å². The lowest BCUT2D eigenvalue weighted by Crippen LogP contribution is -2.44. The molecule has 0 spiro atoms. The Balaban J connectivity index is 4.95. The molecule has 4 N–H and O–H groups in total. The highest BCUT2D eigenvalue weighted by Gasteiger charge is 2.34. The third kappa shape index (κ3) is 21.6. The molecule has 252 valence electrons. The highest BCUT2D eigenvalue weighted by Crippen LogP contribution is 2.28. The fraction of sp³-hybridized carbons (Fsp3) is 0.875. The van der Waals surface area contributed by atoms with Gasteiger partial charge in [-0.3, -0.25) is 19.2 Å². The average Bonchev–Trinajstić information content (AvgIpc) is 2.83. The monoisotopic (exact) mass is 644 g/mol. The van der Waals surface area contributed by atoms with Gasteiger partial charge in [0.15, 0.2) is 16.6 Å². The van der Waals surface area contributed by atoms with Crippen LogP contribution >= 0.6 is 0 Å². The summed E-state index contributed by atoms with van der Waals surface area (Å²) in [6.45, 7) is 21.2. The van der Waals surface area contributed by atoms with Crippen LogP contribution in [0.15, 0.2) is 0 Å². The lowest BCUT2D eigenvalue weighted by atomic mass is 9.97. The van der Waals surface area contributed by atoms with E-state index >= 15 is 0 Å². The van der Waals surface area contributed by atoms with E-state index in [0.29, 0.717) is 24.7 Å². The van der Waals surface area contributed by atoms with Crippen LogP contribution in [0.5, 0.6) is 0 Å². The van der Waals surface area contributed by atoms with Crippen molar-refractivity contribution in [2.75, 3.05) is 0 Å². The minimum absolute atomic E-state index is 0.0154. The van der Waals surface area contributed by atoms with Crippen LogP contribution < -0.4 is 10.6 Å². The maximum absolute atomic E-state index is 12.9. The van der Waals surface area contributed by atoms with Crippen LogP contribution in [0, 0.1) is 23.7 Å². The molecule has 0 fully saturated rings. The molecule has 2 amide bonds. The molecule has 0 saturated carbocycles. The molecule has 43 heavy (non-hydrogen) atoms. The number of carbonyl (C=O) groups excluding carboxylic acids is 2. The van der Waals surface area contributed by atoms with Gasteiger partial charge in [0, 0.05) is 23.9 Å². The Morgan fingerprint density at radius 3 is 1.19 bits per heavy atom. The van der Waals surface area contributed by atoms with Crippen molar-refractivity contribution in [2.24, 2.45) is 23.7 Å². The molecule has 9 nitrogen and oxygen atoms in total. The number of hydrogen-bond acceptors (Lipinski definition) is 5. The topological polar surface area (TPSA) is 142 Å². The van der Waals surface area contributed by atoms with Gasteiger partial charge in [0.05, 0.1) is 12.8 Å². The number of hydrogen-bond donors (Lipinski definition) is 4. The van der Waals surface area contributed by atoms with Crippen LogP contribution in [-0.2, 0) is 23.3 Å². The minimum Gasteiger partial charge on any atom is -0.481 e. The molecule has 4 unspecified atom stereocenters. The molecule has 11 heteroatoms. The zero-order valence-electron chi connectivity index (χ0n) is 28.9. The molecule has 0 aromatic heterocycles. The van der Waals surface area contributed by atoms with E-state index in [2.05, 4.69) is 64.5 Å². The first kappa shape index (κ1) is 41.3. The second kappa shape index (κ2) is 20.3. The minimum atomic E-state index is -2.09. The highest BCUT2D eigenvalue weighted by molar-refractivity contribution is 6.84. The quantitative estimate of drug-likeness (QED) is 0.0826. The van der Waals surface area contributed by atoms with Crippen LogP contribution in [0.1, 0.15) is 106 Å². The van der Waals surface area contributed by atoms with Crippen molar-refractivity contribution in [2.45, 2.75) is 156 Å². The second-order valence-corrected chi connectivity index (χ2v) is 23.6. The lowest BCUT2D eigenvalue weighted by molar-refractivity contribution is -0.141. The van der Waals surface area contributed by atoms with Gasteiger partial charge in [-0.25, -0.2) is 0 Å². The van der Waals surface area contributed by atoms with Crippen molar-refractivity contribution in [3.63, 3.8) is 0 Å². The largest absolute Gasteiger partial charge is 0.481 e. The molecular formula is C32H64N2O7Si2. The summed E-state index contributed by atoms with van der Waals surface area (Å²) in [5, 5.41) is 24.8. The van der Waals surface area contributed by atoms with Crippen molar-refractivity contribution >= 4 is 40.4 Å². The maximum atomic E-state index is 12.9. The summed E-state index contributed by atoms with van der Waals surface area (Å²) in [6, 6.07) is 1.69. The third-order valence-electron chi connectivity index (χ3n) is 7.93.